The van der Waals surface area contributed by atoms with Crippen LogP contribution in [0.5, 0.6) is 5.75 Å². The van der Waals surface area contributed by atoms with E-state index < -0.39 is 0 Å². The Balaban J connectivity index is 1.65. The van der Waals surface area contributed by atoms with Gasteiger partial charge in [-0.05, 0) is 31.2 Å². The number of amides is 2. The van der Waals surface area contributed by atoms with Gasteiger partial charge < -0.3 is 15.0 Å². The normalized spacial score (nSPS) is 14.8. The van der Waals surface area contributed by atoms with Crippen LogP contribution in [0.25, 0.3) is 10.4 Å². The smallest absolute Gasteiger partial charge is 0.222 e. The Hall–Kier alpha value is -2.74. The van der Waals surface area contributed by atoms with Gasteiger partial charge in [-0.1, -0.05) is 0 Å². The molecule has 29 heavy (non-hydrogen) atoms. The van der Waals surface area contributed by atoms with Crippen LogP contribution in [0.2, 0.25) is 0 Å². The summed E-state index contributed by atoms with van der Waals surface area (Å²) in [6.07, 6.45) is 0.421. The number of carbonyl (C=O) groups is 3. The lowest BCUT2D eigenvalue weighted by atomic mass is 10.0. The van der Waals surface area contributed by atoms with E-state index in [9.17, 15) is 18.8 Å². The Kier molecular flexibility index (Phi) is 6.32. The molecule has 2 aromatic rings. The maximum atomic E-state index is 14.1. The van der Waals surface area contributed by atoms with Gasteiger partial charge >= 0.3 is 0 Å². The van der Waals surface area contributed by atoms with Gasteiger partial charge in [-0.3, -0.25) is 14.4 Å². The summed E-state index contributed by atoms with van der Waals surface area (Å²) in [6, 6.07) is 6.36. The third-order valence-corrected chi connectivity index (χ3v) is 5.89. The number of hydrogen-bond acceptors (Lipinski definition) is 5. The molecule has 1 aliphatic heterocycles. The molecule has 1 atom stereocenters. The second kappa shape index (κ2) is 8.73. The molecule has 1 N–H and O–H groups in total. The molecular weight excluding hydrogens is 395 g/mol. The van der Waals surface area contributed by atoms with Crippen molar-refractivity contribution in [3.63, 3.8) is 0 Å². The van der Waals surface area contributed by atoms with Gasteiger partial charge in [0.1, 0.15) is 17.7 Å². The van der Waals surface area contributed by atoms with E-state index in [4.69, 9.17) is 4.74 Å². The summed E-state index contributed by atoms with van der Waals surface area (Å²) in [5, 5.41) is 2.78. The molecule has 0 fully saturated rings. The Morgan fingerprint density at radius 1 is 1.24 bits per heavy atom. The molecule has 8 heteroatoms. The SMILES string of the molecule is CC(=O)c1ccc(-c2cc(F)cc3c2O[C@@H](CNC(=O)CCC(=O)N(C)C)C3)s1. The number of nitrogens with one attached hydrogen (secondary N) is 1. The van der Waals surface area contributed by atoms with Gasteiger partial charge in [0.2, 0.25) is 11.8 Å². The number of rotatable bonds is 7. The Morgan fingerprint density at radius 2 is 2.00 bits per heavy atom. The fraction of sp³-hybridized carbons (Fsp3) is 0.381. The van der Waals surface area contributed by atoms with Gasteiger partial charge in [-0.15, -0.1) is 11.3 Å². The van der Waals surface area contributed by atoms with Gasteiger partial charge in [-0.2, -0.15) is 0 Å². The molecule has 1 aliphatic rings. The van der Waals surface area contributed by atoms with Crippen molar-refractivity contribution in [1.82, 2.24) is 10.2 Å². The minimum atomic E-state index is -0.369. The zero-order chi connectivity index (χ0) is 21.1. The van der Waals surface area contributed by atoms with E-state index in [0.29, 0.717) is 22.6 Å². The Bertz CT molecular complexity index is 954. The molecule has 0 aliphatic carbocycles. The first-order valence-electron chi connectivity index (χ1n) is 9.31. The Labute approximate surface area is 172 Å². The minimum absolute atomic E-state index is 0.0384. The van der Waals surface area contributed by atoms with Crippen molar-refractivity contribution in [2.75, 3.05) is 20.6 Å². The highest BCUT2D eigenvalue weighted by Crippen LogP contribution is 2.42. The first-order chi connectivity index (χ1) is 13.7. The van der Waals surface area contributed by atoms with E-state index in [0.717, 1.165) is 10.4 Å². The lowest BCUT2D eigenvalue weighted by molar-refractivity contribution is -0.131. The third kappa shape index (κ3) is 5.00. The summed E-state index contributed by atoms with van der Waals surface area (Å²) in [7, 11) is 3.29. The first kappa shape index (κ1) is 21.0. The van der Waals surface area contributed by atoms with E-state index >= 15 is 0 Å². The molecule has 1 aromatic heterocycles. The molecule has 0 spiro atoms. The van der Waals surface area contributed by atoms with Gasteiger partial charge in [-0.25, -0.2) is 4.39 Å². The summed E-state index contributed by atoms with van der Waals surface area (Å²) in [5.41, 5.74) is 1.35. The zero-order valence-corrected chi connectivity index (χ0v) is 17.4. The summed E-state index contributed by atoms with van der Waals surface area (Å²) in [6.45, 7) is 1.76. The largest absolute Gasteiger partial charge is 0.487 e. The molecule has 1 aromatic carbocycles. The van der Waals surface area contributed by atoms with Crippen molar-refractivity contribution >= 4 is 28.9 Å². The van der Waals surface area contributed by atoms with Crippen molar-refractivity contribution < 1.29 is 23.5 Å². The number of ketones is 1. The summed E-state index contributed by atoms with van der Waals surface area (Å²) >= 11 is 1.30. The van der Waals surface area contributed by atoms with E-state index in [1.165, 1.54) is 35.3 Å². The van der Waals surface area contributed by atoms with Gasteiger partial charge in [0.25, 0.3) is 0 Å². The molecule has 0 saturated carbocycles. The van der Waals surface area contributed by atoms with Crippen molar-refractivity contribution in [2.45, 2.75) is 32.3 Å². The standard InChI is InChI=1S/C21H23FN2O4S/c1-12(25)17-4-5-18(29-17)16-10-14(22)8-13-9-15(28-21(13)16)11-23-19(26)6-7-20(27)24(2)3/h4-5,8,10,15H,6-7,9,11H2,1-3H3,(H,23,26)/t15-/m1/s1. The van der Waals surface area contributed by atoms with Crippen LogP contribution < -0.4 is 10.1 Å². The van der Waals surface area contributed by atoms with Crippen molar-refractivity contribution in [2.24, 2.45) is 0 Å². The van der Waals surface area contributed by atoms with Crippen LogP contribution in [0.15, 0.2) is 24.3 Å². The van der Waals surface area contributed by atoms with Crippen molar-refractivity contribution in [1.29, 1.82) is 0 Å². The minimum Gasteiger partial charge on any atom is -0.487 e. The lowest BCUT2D eigenvalue weighted by Crippen LogP contribution is -2.35. The first-order valence-corrected chi connectivity index (χ1v) is 10.1. The highest BCUT2D eigenvalue weighted by Gasteiger charge is 2.28. The number of fused-ring (bicyclic) bond motifs is 1. The van der Waals surface area contributed by atoms with Crippen LogP contribution in [0.3, 0.4) is 0 Å². The van der Waals surface area contributed by atoms with Crippen LogP contribution in [-0.2, 0) is 16.0 Å². The lowest BCUT2D eigenvalue weighted by Gasteiger charge is -2.14. The van der Waals surface area contributed by atoms with E-state index in [2.05, 4.69) is 5.32 Å². The Morgan fingerprint density at radius 3 is 2.66 bits per heavy atom. The number of Topliss-reactive ketones (excluding diaryl/α,β-unsaturated/α-hetero) is 1. The molecular formula is C21H23FN2O4S. The van der Waals surface area contributed by atoms with Crippen LogP contribution in [0.4, 0.5) is 4.39 Å². The van der Waals surface area contributed by atoms with E-state index in [-0.39, 0.29) is 48.9 Å². The monoisotopic (exact) mass is 418 g/mol. The third-order valence-electron chi connectivity index (χ3n) is 4.67. The summed E-state index contributed by atoms with van der Waals surface area (Å²) in [5.74, 6) is -0.151. The molecule has 0 radical (unpaired) electrons. The number of nitrogens with zero attached hydrogens (tertiary/aromatic N) is 1. The van der Waals surface area contributed by atoms with Gasteiger partial charge in [0.05, 0.1) is 11.4 Å². The molecule has 2 amide bonds. The second-order valence-electron chi connectivity index (χ2n) is 7.20. The number of ether oxygens (including phenoxy) is 1. The fourth-order valence-corrected chi connectivity index (χ4v) is 4.04. The number of halogens is 1. The topological polar surface area (TPSA) is 75.7 Å². The van der Waals surface area contributed by atoms with Crippen molar-refractivity contribution in [3.8, 4) is 16.2 Å². The van der Waals surface area contributed by atoms with Crippen LogP contribution >= 0.6 is 11.3 Å². The van der Waals surface area contributed by atoms with Crippen LogP contribution in [-0.4, -0.2) is 49.2 Å². The number of thiophene rings is 1. The van der Waals surface area contributed by atoms with Gasteiger partial charge in [0, 0.05) is 49.4 Å². The molecule has 0 unspecified atom stereocenters. The zero-order valence-electron chi connectivity index (χ0n) is 16.6. The maximum absolute atomic E-state index is 14.1. The van der Waals surface area contributed by atoms with Crippen molar-refractivity contribution in [3.05, 3.63) is 40.5 Å². The number of carbonyl (C=O) groups excluding carboxylic acids is 3. The summed E-state index contributed by atoms with van der Waals surface area (Å²) < 4.78 is 20.1. The fourth-order valence-electron chi connectivity index (χ4n) is 3.12. The number of benzene rings is 1. The molecule has 0 bridgehead atoms. The van der Waals surface area contributed by atoms with E-state index in [1.54, 1.807) is 26.2 Å². The summed E-state index contributed by atoms with van der Waals surface area (Å²) in [4.78, 5) is 37.9. The average molecular weight is 418 g/mol. The second-order valence-corrected chi connectivity index (χ2v) is 8.28. The quantitative estimate of drug-likeness (QED) is 0.702. The van der Waals surface area contributed by atoms with Crippen LogP contribution in [0.1, 0.15) is 35.0 Å². The predicted octanol–water partition coefficient (Wildman–Crippen LogP) is 3.04. The molecule has 0 saturated heterocycles. The molecule has 6 nitrogen and oxygen atoms in total. The molecule has 3 rings (SSSR count). The predicted molar refractivity (Wildman–Crippen MR) is 109 cm³/mol. The average Bonchev–Trinajstić information content (AvgIpc) is 3.30. The van der Waals surface area contributed by atoms with Crippen LogP contribution in [0, 0.1) is 5.82 Å². The van der Waals surface area contributed by atoms with Gasteiger partial charge in [0.15, 0.2) is 5.78 Å². The molecule has 154 valence electrons. The molecule has 2 heterocycles. The highest BCUT2D eigenvalue weighted by molar-refractivity contribution is 7.17. The number of hydrogen-bond donors (Lipinski definition) is 1. The highest BCUT2D eigenvalue weighted by atomic mass is 32.1. The maximum Gasteiger partial charge on any atom is 0.222 e. The van der Waals surface area contributed by atoms with E-state index in [1.807, 2.05) is 0 Å².